The molecule has 0 radical (unpaired) electrons. The van der Waals surface area contributed by atoms with Crippen LogP contribution in [-0.4, -0.2) is 7.25 Å². The van der Waals surface area contributed by atoms with Crippen LogP contribution in [-0.2, 0) is 6.54 Å². The molecular weight excluding hydrogens is 509 g/mol. The van der Waals surface area contributed by atoms with Crippen molar-refractivity contribution in [3.63, 3.8) is 0 Å². The number of fused-ring (bicyclic) bond motifs is 1. The van der Waals surface area contributed by atoms with Crippen molar-refractivity contribution in [2.45, 2.75) is 6.54 Å². The molecule has 1 aromatic heterocycles. The first-order chi connectivity index (χ1) is 19.4. The van der Waals surface area contributed by atoms with Gasteiger partial charge in [-0.2, -0.15) is 4.57 Å². The molecule has 6 rings (SSSR count). The van der Waals surface area contributed by atoms with E-state index in [9.17, 15) is 17.3 Å². The van der Waals surface area contributed by atoms with Crippen LogP contribution in [0.1, 0.15) is 5.56 Å². The van der Waals surface area contributed by atoms with E-state index in [1.165, 1.54) is 50.0 Å². The van der Waals surface area contributed by atoms with E-state index in [1.807, 2.05) is 0 Å². The molecule has 1 nitrogen and oxygen atoms in total. The highest BCUT2D eigenvalue weighted by Gasteiger charge is 2.24. The second kappa shape index (κ2) is 12.0. The van der Waals surface area contributed by atoms with Crippen LogP contribution in [0.25, 0.3) is 44.4 Å². The SMILES string of the molecule is F[B-](F)(F)F.c1ccc(-c2cc(-c3ccccc3)[n+](Cc3cccc4ccccc34)c(-c3ccccc3)c2)cc1. The molecule has 0 amide bonds. The standard InChI is InChI=1S/C34H26N.BF4/c1-4-13-26(14-5-1)31-23-33(28-16-6-2-7-17-28)35(34(24-31)29-18-8-3-9-19-29)25-30-21-12-20-27-15-10-11-22-32(27)30;2-1(3,4)5/h1-24H,25H2;/q+1;-1. The summed E-state index contributed by atoms with van der Waals surface area (Å²) in [6, 6.07) is 52.1. The van der Waals surface area contributed by atoms with Crippen LogP contribution in [0.5, 0.6) is 0 Å². The van der Waals surface area contributed by atoms with E-state index in [-0.39, 0.29) is 0 Å². The van der Waals surface area contributed by atoms with Crippen LogP contribution in [0.15, 0.2) is 146 Å². The van der Waals surface area contributed by atoms with E-state index in [0.717, 1.165) is 6.54 Å². The summed E-state index contributed by atoms with van der Waals surface area (Å²) in [6.07, 6.45) is 0. The first-order valence-electron chi connectivity index (χ1n) is 12.9. The zero-order valence-electron chi connectivity index (χ0n) is 21.6. The van der Waals surface area contributed by atoms with Gasteiger partial charge < -0.3 is 17.3 Å². The molecule has 6 aromatic rings. The number of rotatable bonds is 5. The Morgan fingerprint density at radius 3 is 1.40 bits per heavy atom. The fourth-order valence-electron chi connectivity index (χ4n) is 4.89. The minimum Gasteiger partial charge on any atom is -0.418 e. The molecule has 0 spiro atoms. The quantitative estimate of drug-likeness (QED) is 0.118. The van der Waals surface area contributed by atoms with Gasteiger partial charge in [-0.25, -0.2) is 0 Å². The molecule has 0 aliphatic carbocycles. The van der Waals surface area contributed by atoms with Gasteiger partial charge in [0.15, 0.2) is 6.54 Å². The van der Waals surface area contributed by atoms with Gasteiger partial charge in [0, 0.05) is 28.8 Å². The van der Waals surface area contributed by atoms with Crippen molar-refractivity contribution in [3.05, 3.63) is 151 Å². The van der Waals surface area contributed by atoms with E-state index in [1.54, 1.807) is 0 Å². The lowest BCUT2D eigenvalue weighted by molar-refractivity contribution is -0.666. The minimum atomic E-state index is -6.00. The van der Waals surface area contributed by atoms with Crippen molar-refractivity contribution in [2.24, 2.45) is 0 Å². The number of nitrogens with zero attached hydrogens (tertiary/aromatic N) is 1. The number of pyridine rings is 1. The summed E-state index contributed by atoms with van der Waals surface area (Å²) in [5.74, 6) is 0. The maximum Gasteiger partial charge on any atom is 0.673 e. The largest absolute Gasteiger partial charge is 0.673 e. The highest BCUT2D eigenvalue weighted by Crippen LogP contribution is 2.30. The topological polar surface area (TPSA) is 3.88 Å². The normalized spacial score (nSPS) is 11.1. The van der Waals surface area contributed by atoms with Gasteiger partial charge in [0.25, 0.3) is 0 Å². The van der Waals surface area contributed by atoms with E-state index in [2.05, 4.69) is 150 Å². The minimum absolute atomic E-state index is 0.783. The lowest BCUT2D eigenvalue weighted by Gasteiger charge is -2.14. The molecule has 0 atom stereocenters. The van der Waals surface area contributed by atoms with Gasteiger partial charge in [-0.05, 0) is 46.2 Å². The average molecular weight is 535 g/mol. The van der Waals surface area contributed by atoms with Gasteiger partial charge in [0.2, 0.25) is 11.4 Å². The summed E-state index contributed by atoms with van der Waals surface area (Å²) in [7, 11) is -6.00. The van der Waals surface area contributed by atoms with Crippen molar-refractivity contribution < 1.29 is 21.8 Å². The molecule has 0 bridgehead atoms. The van der Waals surface area contributed by atoms with E-state index >= 15 is 0 Å². The number of aromatic nitrogens is 1. The molecule has 40 heavy (non-hydrogen) atoms. The van der Waals surface area contributed by atoms with Crippen LogP contribution in [0, 0.1) is 0 Å². The zero-order valence-corrected chi connectivity index (χ0v) is 21.6. The van der Waals surface area contributed by atoms with E-state index in [4.69, 9.17) is 0 Å². The molecule has 5 aromatic carbocycles. The smallest absolute Gasteiger partial charge is 0.418 e. The number of hydrogen-bond donors (Lipinski definition) is 0. The Labute approximate surface area is 231 Å². The molecule has 0 aliphatic rings. The summed E-state index contributed by atoms with van der Waals surface area (Å²) in [4.78, 5) is 0. The number of benzene rings is 5. The Kier molecular flexibility index (Phi) is 8.06. The van der Waals surface area contributed by atoms with E-state index in [0.29, 0.717) is 0 Å². The number of hydrogen-bond acceptors (Lipinski definition) is 0. The second-order valence-electron chi connectivity index (χ2n) is 9.33. The van der Waals surface area contributed by atoms with E-state index < -0.39 is 7.25 Å². The van der Waals surface area contributed by atoms with Crippen molar-refractivity contribution in [1.82, 2.24) is 0 Å². The fraction of sp³-hybridized carbons (Fsp3) is 0.0294. The zero-order chi connectivity index (χ0) is 28.0. The molecule has 198 valence electrons. The molecule has 0 fully saturated rings. The van der Waals surface area contributed by atoms with Crippen LogP contribution in [0.4, 0.5) is 17.3 Å². The molecular formula is C34H26BF4N. The third-order valence-corrected chi connectivity index (χ3v) is 6.62. The predicted octanol–water partition coefficient (Wildman–Crippen LogP) is 9.48. The Balaban J connectivity index is 0.000000595. The van der Waals surface area contributed by atoms with Gasteiger partial charge in [0.05, 0.1) is 0 Å². The van der Waals surface area contributed by atoms with Crippen molar-refractivity contribution in [2.75, 3.05) is 0 Å². The number of halogens is 4. The Bertz CT molecular complexity index is 1630. The van der Waals surface area contributed by atoms with Crippen LogP contribution in [0.3, 0.4) is 0 Å². The first-order valence-corrected chi connectivity index (χ1v) is 12.9. The highest BCUT2D eigenvalue weighted by molar-refractivity contribution is 6.50. The molecule has 0 N–H and O–H groups in total. The van der Waals surface area contributed by atoms with Crippen LogP contribution in [0.2, 0.25) is 0 Å². The maximum absolute atomic E-state index is 9.75. The highest BCUT2D eigenvalue weighted by atomic mass is 19.5. The maximum atomic E-state index is 9.75. The summed E-state index contributed by atoms with van der Waals surface area (Å²) in [6.45, 7) is 0.783. The summed E-state index contributed by atoms with van der Waals surface area (Å²) < 4.78 is 41.5. The van der Waals surface area contributed by atoms with Crippen LogP contribution >= 0.6 is 0 Å². The third-order valence-electron chi connectivity index (χ3n) is 6.62. The molecule has 0 saturated carbocycles. The third kappa shape index (κ3) is 6.64. The van der Waals surface area contributed by atoms with Crippen molar-refractivity contribution >= 4 is 18.0 Å². The monoisotopic (exact) mass is 535 g/mol. The first kappa shape index (κ1) is 26.9. The van der Waals surface area contributed by atoms with Gasteiger partial charge in [-0.1, -0.05) is 109 Å². The predicted molar refractivity (Wildman–Crippen MR) is 156 cm³/mol. The van der Waals surface area contributed by atoms with Gasteiger partial charge in [-0.3, -0.25) is 0 Å². The summed E-state index contributed by atoms with van der Waals surface area (Å²) in [5.41, 5.74) is 8.59. The molecule has 0 saturated heterocycles. The lowest BCUT2D eigenvalue weighted by atomic mass is 9.98. The summed E-state index contributed by atoms with van der Waals surface area (Å²) in [5, 5.41) is 2.57. The van der Waals surface area contributed by atoms with Crippen molar-refractivity contribution in [3.8, 4) is 33.6 Å². The molecule has 0 aliphatic heterocycles. The summed E-state index contributed by atoms with van der Waals surface area (Å²) >= 11 is 0. The van der Waals surface area contributed by atoms with Gasteiger partial charge in [0.1, 0.15) is 0 Å². The Hall–Kier alpha value is -4.71. The van der Waals surface area contributed by atoms with Crippen LogP contribution < -0.4 is 4.57 Å². The Morgan fingerprint density at radius 2 is 0.875 bits per heavy atom. The lowest BCUT2D eigenvalue weighted by Crippen LogP contribution is -2.39. The fourth-order valence-corrected chi connectivity index (χ4v) is 4.89. The van der Waals surface area contributed by atoms with Gasteiger partial charge in [-0.15, -0.1) is 0 Å². The Morgan fingerprint density at radius 1 is 0.450 bits per heavy atom. The molecule has 6 heteroatoms. The second-order valence-corrected chi connectivity index (χ2v) is 9.33. The average Bonchev–Trinajstić information content (AvgIpc) is 2.98. The van der Waals surface area contributed by atoms with Gasteiger partial charge >= 0.3 is 7.25 Å². The van der Waals surface area contributed by atoms with Crippen molar-refractivity contribution in [1.29, 1.82) is 0 Å². The molecule has 0 unspecified atom stereocenters. The molecule has 1 heterocycles.